The molecule has 0 radical (unpaired) electrons. The Balaban J connectivity index is 1.45. The third kappa shape index (κ3) is 4.87. The van der Waals surface area contributed by atoms with Crippen LogP contribution in [0.5, 0.6) is 11.5 Å². The molecule has 32 heavy (non-hydrogen) atoms. The summed E-state index contributed by atoms with van der Waals surface area (Å²) in [5.41, 5.74) is 4.40. The number of aromatic nitrogens is 1. The molecule has 1 heterocycles. The molecule has 0 aliphatic heterocycles. The molecule has 0 saturated carbocycles. The van der Waals surface area contributed by atoms with Crippen LogP contribution in [0.15, 0.2) is 65.1 Å². The molecule has 3 N–H and O–H groups in total. The second-order valence-electron chi connectivity index (χ2n) is 7.29. The van der Waals surface area contributed by atoms with Crippen molar-refractivity contribution in [3.8, 4) is 23.0 Å². The molecule has 4 rings (SSSR count). The van der Waals surface area contributed by atoms with Crippen molar-refractivity contribution in [3.63, 3.8) is 0 Å². The van der Waals surface area contributed by atoms with Gasteiger partial charge in [-0.25, -0.2) is 4.98 Å². The van der Waals surface area contributed by atoms with E-state index in [-0.39, 0.29) is 17.5 Å². The summed E-state index contributed by atoms with van der Waals surface area (Å²) in [5.74, 6) is 0.507. The summed E-state index contributed by atoms with van der Waals surface area (Å²) in [6.45, 7) is 3.77. The Morgan fingerprint density at radius 3 is 2.69 bits per heavy atom. The first kappa shape index (κ1) is 21.3. The van der Waals surface area contributed by atoms with E-state index in [0.29, 0.717) is 28.5 Å². The SMILES string of the molecule is Cc1cc(C)c2oc(-c3cc(NC(=S)NC(=O)COc4ccccc4)ccc3O)nc2c1. The third-order valence-corrected chi connectivity index (χ3v) is 4.88. The predicted molar refractivity (Wildman–Crippen MR) is 127 cm³/mol. The first-order valence-corrected chi connectivity index (χ1v) is 10.3. The second kappa shape index (κ2) is 9.07. The van der Waals surface area contributed by atoms with Crippen molar-refractivity contribution in [3.05, 3.63) is 71.8 Å². The number of aromatic hydroxyl groups is 1. The van der Waals surface area contributed by atoms with Crippen LogP contribution >= 0.6 is 12.2 Å². The average molecular weight is 448 g/mol. The molecule has 1 aromatic heterocycles. The number of anilines is 1. The van der Waals surface area contributed by atoms with Crippen LogP contribution in [-0.4, -0.2) is 27.7 Å². The van der Waals surface area contributed by atoms with Crippen molar-refractivity contribution >= 4 is 40.0 Å². The number of nitrogens with zero attached hydrogens (tertiary/aromatic N) is 1. The lowest BCUT2D eigenvalue weighted by molar-refractivity contribution is -0.121. The van der Waals surface area contributed by atoms with Crippen molar-refractivity contribution < 1.29 is 19.1 Å². The van der Waals surface area contributed by atoms with Gasteiger partial charge in [0, 0.05) is 5.69 Å². The van der Waals surface area contributed by atoms with Crippen LogP contribution in [0.25, 0.3) is 22.6 Å². The number of ether oxygens (including phenoxy) is 1. The van der Waals surface area contributed by atoms with Crippen LogP contribution in [0.4, 0.5) is 5.69 Å². The molecule has 0 aliphatic carbocycles. The number of fused-ring (bicyclic) bond motifs is 1. The number of oxazole rings is 1. The molecule has 3 aromatic carbocycles. The molecule has 0 bridgehead atoms. The Morgan fingerprint density at radius 2 is 1.91 bits per heavy atom. The maximum absolute atomic E-state index is 12.1. The van der Waals surface area contributed by atoms with Crippen molar-refractivity contribution in [2.45, 2.75) is 13.8 Å². The molecular formula is C24H21N3O4S. The zero-order chi connectivity index (χ0) is 22.7. The number of phenols is 1. The number of thiocarbonyl (C=S) groups is 1. The van der Waals surface area contributed by atoms with E-state index >= 15 is 0 Å². The fraction of sp³-hybridized carbons (Fsp3) is 0.125. The monoisotopic (exact) mass is 447 g/mol. The molecular weight excluding hydrogens is 426 g/mol. The van der Waals surface area contributed by atoms with Crippen molar-refractivity contribution in [2.24, 2.45) is 0 Å². The maximum atomic E-state index is 12.1. The van der Waals surface area contributed by atoms with E-state index in [4.69, 9.17) is 21.4 Å². The standard InChI is InChI=1S/C24H21N3O4S/c1-14-10-15(2)22-19(11-14)26-23(31-22)18-12-16(8-9-20(18)28)25-24(32)27-21(29)13-30-17-6-4-3-5-7-17/h3-12,28H,13H2,1-2H3,(H2,25,27,29,32). The molecule has 0 unspecified atom stereocenters. The van der Waals surface area contributed by atoms with Gasteiger partial charge in [-0.05, 0) is 73.6 Å². The first-order valence-electron chi connectivity index (χ1n) is 9.89. The molecule has 1 amide bonds. The summed E-state index contributed by atoms with van der Waals surface area (Å²) in [5, 5.41) is 15.9. The van der Waals surface area contributed by atoms with E-state index in [1.54, 1.807) is 24.3 Å². The highest BCUT2D eigenvalue weighted by Crippen LogP contribution is 2.34. The van der Waals surface area contributed by atoms with Gasteiger partial charge in [0.25, 0.3) is 5.91 Å². The number of amides is 1. The average Bonchev–Trinajstić information content (AvgIpc) is 3.18. The van der Waals surface area contributed by atoms with E-state index in [9.17, 15) is 9.90 Å². The molecule has 162 valence electrons. The lowest BCUT2D eigenvalue weighted by atomic mass is 10.1. The van der Waals surface area contributed by atoms with Gasteiger partial charge in [-0.1, -0.05) is 24.3 Å². The molecule has 7 nitrogen and oxygen atoms in total. The van der Waals surface area contributed by atoms with Gasteiger partial charge < -0.3 is 19.6 Å². The fourth-order valence-electron chi connectivity index (χ4n) is 3.27. The lowest BCUT2D eigenvalue weighted by Crippen LogP contribution is -2.37. The smallest absolute Gasteiger partial charge is 0.264 e. The van der Waals surface area contributed by atoms with Crippen molar-refractivity contribution in [1.82, 2.24) is 10.3 Å². The Kier molecular flexibility index (Phi) is 6.04. The number of aryl methyl sites for hydroxylation is 2. The van der Waals surface area contributed by atoms with Gasteiger partial charge in [-0.3, -0.25) is 10.1 Å². The number of para-hydroxylation sites is 1. The number of rotatable bonds is 5. The number of phenolic OH excluding ortho intramolecular Hbond substituents is 1. The van der Waals surface area contributed by atoms with Crippen LogP contribution in [0.1, 0.15) is 11.1 Å². The Bertz CT molecular complexity index is 1300. The number of hydrogen-bond donors (Lipinski definition) is 3. The topological polar surface area (TPSA) is 96.6 Å². The Hall–Kier alpha value is -3.91. The van der Waals surface area contributed by atoms with Gasteiger partial charge in [-0.2, -0.15) is 0 Å². The second-order valence-corrected chi connectivity index (χ2v) is 7.69. The number of carbonyl (C=O) groups is 1. The van der Waals surface area contributed by atoms with Crippen LogP contribution in [-0.2, 0) is 4.79 Å². The first-order chi connectivity index (χ1) is 15.4. The maximum Gasteiger partial charge on any atom is 0.264 e. The summed E-state index contributed by atoms with van der Waals surface area (Å²) >= 11 is 5.22. The van der Waals surface area contributed by atoms with E-state index in [2.05, 4.69) is 15.6 Å². The molecule has 0 aliphatic rings. The molecule has 0 fully saturated rings. The third-order valence-electron chi connectivity index (χ3n) is 4.67. The van der Waals surface area contributed by atoms with Crippen LogP contribution in [0.3, 0.4) is 0 Å². The van der Waals surface area contributed by atoms with Gasteiger partial charge in [-0.15, -0.1) is 0 Å². The normalized spacial score (nSPS) is 10.7. The van der Waals surface area contributed by atoms with E-state index in [1.165, 1.54) is 6.07 Å². The molecule has 0 saturated heterocycles. The molecule has 4 aromatic rings. The minimum atomic E-state index is -0.393. The molecule has 8 heteroatoms. The van der Waals surface area contributed by atoms with Crippen LogP contribution in [0.2, 0.25) is 0 Å². The Morgan fingerprint density at radius 1 is 1.12 bits per heavy atom. The number of hydrogen-bond acceptors (Lipinski definition) is 6. The van der Waals surface area contributed by atoms with Crippen LogP contribution in [0, 0.1) is 13.8 Å². The van der Waals surface area contributed by atoms with Crippen LogP contribution < -0.4 is 15.4 Å². The zero-order valence-corrected chi connectivity index (χ0v) is 18.3. The predicted octanol–water partition coefficient (Wildman–Crippen LogP) is 4.71. The van der Waals surface area contributed by atoms with E-state index in [0.717, 1.165) is 16.6 Å². The highest BCUT2D eigenvalue weighted by molar-refractivity contribution is 7.80. The quantitative estimate of drug-likeness (QED) is 0.301. The van der Waals surface area contributed by atoms with E-state index in [1.807, 2.05) is 44.2 Å². The van der Waals surface area contributed by atoms with Gasteiger partial charge in [0.15, 0.2) is 17.3 Å². The fourth-order valence-corrected chi connectivity index (χ4v) is 3.50. The number of benzene rings is 3. The highest BCUT2D eigenvalue weighted by Gasteiger charge is 2.15. The minimum Gasteiger partial charge on any atom is -0.507 e. The largest absolute Gasteiger partial charge is 0.507 e. The minimum absolute atomic E-state index is 0.0164. The van der Waals surface area contributed by atoms with Crippen molar-refractivity contribution in [2.75, 3.05) is 11.9 Å². The zero-order valence-electron chi connectivity index (χ0n) is 17.5. The van der Waals surface area contributed by atoms with Gasteiger partial charge in [0.05, 0.1) is 5.56 Å². The van der Waals surface area contributed by atoms with E-state index < -0.39 is 5.91 Å². The van der Waals surface area contributed by atoms with Crippen molar-refractivity contribution in [1.29, 1.82) is 0 Å². The Labute approximate surface area is 190 Å². The van der Waals surface area contributed by atoms with Gasteiger partial charge in [0.2, 0.25) is 5.89 Å². The molecule has 0 spiro atoms. The summed E-state index contributed by atoms with van der Waals surface area (Å²) in [4.78, 5) is 16.6. The lowest BCUT2D eigenvalue weighted by Gasteiger charge is -2.11. The summed E-state index contributed by atoms with van der Waals surface area (Å²) in [7, 11) is 0. The summed E-state index contributed by atoms with van der Waals surface area (Å²) in [6, 6.07) is 17.8. The van der Waals surface area contributed by atoms with Gasteiger partial charge in [0.1, 0.15) is 17.0 Å². The summed E-state index contributed by atoms with van der Waals surface area (Å²) < 4.78 is 11.3. The number of carbonyl (C=O) groups excluding carboxylic acids is 1. The number of nitrogens with one attached hydrogen (secondary N) is 2. The summed E-state index contributed by atoms with van der Waals surface area (Å²) in [6.07, 6.45) is 0. The molecule has 0 atom stereocenters. The van der Waals surface area contributed by atoms with Gasteiger partial charge >= 0.3 is 0 Å². The highest BCUT2D eigenvalue weighted by atomic mass is 32.1.